The maximum absolute atomic E-state index is 15.2. The summed E-state index contributed by atoms with van der Waals surface area (Å²) in [6.45, 7) is 6.65. The maximum atomic E-state index is 15.2. The lowest BCUT2D eigenvalue weighted by Crippen LogP contribution is -2.42. The summed E-state index contributed by atoms with van der Waals surface area (Å²) in [6.07, 6.45) is 0.633. The zero-order valence-electron chi connectivity index (χ0n) is 22.0. The molecule has 0 saturated carbocycles. The van der Waals surface area contributed by atoms with Crippen LogP contribution in [0.25, 0.3) is 5.69 Å². The number of halogens is 2. The highest BCUT2D eigenvalue weighted by Crippen LogP contribution is 2.48. The molecule has 38 heavy (non-hydrogen) atoms. The number of rotatable bonds is 8. The van der Waals surface area contributed by atoms with Crippen molar-refractivity contribution >= 4 is 29.4 Å². The molecule has 0 spiro atoms. The first-order valence-corrected chi connectivity index (χ1v) is 13.5. The number of carbonyl (C=O) groups excluding carboxylic acids is 2. The minimum atomic E-state index is -0.548. The summed E-state index contributed by atoms with van der Waals surface area (Å²) in [4.78, 5) is 27.9. The second-order valence-electron chi connectivity index (χ2n) is 10.1. The van der Waals surface area contributed by atoms with Crippen molar-refractivity contribution in [3.8, 4) is 5.69 Å². The molecule has 10 heteroatoms. The quantitative estimate of drug-likeness (QED) is 0.415. The number of nitrogens with zero attached hydrogens (tertiary/aromatic N) is 3. The number of hydrogen-bond acceptors (Lipinski definition) is 5. The highest BCUT2D eigenvalue weighted by Gasteiger charge is 2.40. The molecule has 1 atom stereocenters. The number of ether oxygens (including phenoxy) is 1. The summed E-state index contributed by atoms with van der Waals surface area (Å²) in [6, 6.07) is 12.3. The van der Waals surface area contributed by atoms with Gasteiger partial charge < -0.3 is 10.1 Å². The normalized spacial score (nSPS) is 15.8. The first-order valence-electron chi connectivity index (χ1n) is 12.4. The fourth-order valence-corrected chi connectivity index (χ4v) is 5.63. The second kappa shape index (κ2) is 11.7. The lowest BCUT2D eigenvalue weighted by molar-refractivity contribution is -0.122. The van der Waals surface area contributed by atoms with E-state index in [2.05, 4.69) is 5.32 Å². The number of aromatic nitrogens is 2. The van der Waals surface area contributed by atoms with E-state index in [1.54, 1.807) is 42.1 Å². The number of fused-ring (bicyclic) bond motifs is 1. The van der Waals surface area contributed by atoms with Crippen molar-refractivity contribution in [2.75, 3.05) is 37.5 Å². The van der Waals surface area contributed by atoms with Gasteiger partial charge in [0.05, 0.1) is 22.4 Å². The van der Waals surface area contributed by atoms with Crippen molar-refractivity contribution in [1.82, 2.24) is 15.1 Å². The molecule has 0 fully saturated rings. The topological polar surface area (TPSA) is 76.5 Å². The SMILES string of the molecule is COCCCNC(=O)CN1C(=O)CS[C@H](c2ccccc2F)c2c(C(C)(C)C)nn(-c3ccc(F)cc3)c21. The molecule has 202 valence electrons. The van der Waals surface area contributed by atoms with Crippen molar-refractivity contribution in [1.29, 1.82) is 0 Å². The van der Waals surface area contributed by atoms with Crippen LogP contribution in [0.1, 0.15) is 49.3 Å². The van der Waals surface area contributed by atoms with Gasteiger partial charge in [0.1, 0.15) is 24.0 Å². The number of thioether (sulfide) groups is 1. The van der Waals surface area contributed by atoms with Gasteiger partial charge in [-0.1, -0.05) is 39.0 Å². The van der Waals surface area contributed by atoms with Crippen molar-refractivity contribution < 1.29 is 23.1 Å². The highest BCUT2D eigenvalue weighted by atomic mass is 32.2. The van der Waals surface area contributed by atoms with Gasteiger partial charge in [-0.3, -0.25) is 14.5 Å². The Morgan fingerprint density at radius 3 is 2.53 bits per heavy atom. The van der Waals surface area contributed by atoms with E-state index in [1.807, 2.05) is 20.8 Å². The Bertz CT molecular complexity index is 1300. The largest absolute Gasteiger partial charge is 0.385 e. The molecule has 0 saturated heterocycles. The molecule has 2 amide bonds. The monoisotopic (exact) mass is 542 g/mol. The van der Waals surface area contributed by atoms with Crippen LogP contribution in [0.3, 0.4) is 0 Å². The molecule has 0 aliphatic carbocycles. The third-order valence-corrected chi connectivity index (χ3v) is 7.44. The summed E-state index contributed by atoms with van der Waals surface area (Å²) in [5, 5.41) is 7.19. The molecule has 1 aliphatic heterocycles. The number of carbonyl (C=O) groups is 2. The predicted octanol–water partition coefficient (Wildman–Crippen LogP) is 4.77. The van der Waals surface area contributed by atoms with Crippen LogP contribution in [0.4, 0.5) is 14.6 Å². The first-order chi connectivity index (χ1) is 18.1. The number of hydrogen-bond donors (Lipinski definition) is 1. The Labute approximate surface area is 225 Å². The molecule has 2 aromatic carbocycles. The van der Waals surface area contributed by atoms with E-state index in [-0.39, 0.29) is 29.9 Å². The fourth-order valence-electron chi connectivity index (χ4n) is 4.41. The van der Waals surface area contributed by atoms with E-state index in [1.165, 1.54) is 34.9 Å². The van der Waals surface area contributed by atoms with E-state index < -0.39 is 16.5 Å². The van der Waals surface area contributed by atoms with Crippen molar-refractivity contribution in [3.05, 3.63) is 77.0 Å². The number of nitrogens with one attached hydrogen (secondary N) is 1. The van der Waals surface area contributed by atoms with Crippen LogP contribution < -0.4 is 10.2 Å². The highest BCUT2D eigenvalue weighted by molar-refractivity contribution is 8.00. The summed E-state index contributed by atoms with van der Waals surface area (Å²) in [7, 11) is 1.59. The van der Waals surface area contributed by atoms with Crippen LogP contribution >= 0.6 is 11.8 Å². The Morgan fingerprint density at radius 2 is 1.87 bits per heavy atom. The van der Waals surface area contributed by atoms with Crippen LogP contribution in [0.2, 0.25) is 0 Å². The molecule has 1 N–H and O–H groups in total. The Kier molecular flexibility index (Phi) is 8.52. The van der Waals surface area contributed by atoms with E-state index in [9.17, 15) is 14.0 Å². The van der Waals surface area contributed by atoms with Crippen molar-refractivity contribution in [3.63, 3.8) is 0 Å². The average Bonchev–Trinajstić information content (AvgIpc) is 3.21. The van der Waals surface area contributed by atoms with Crippen LogP contribution in [-0.4, -0.2) is 54.2 Å². The molecule has 1 aromatic heterocycles. The van der Waals surface area contributed by atoms with E-state index in [0.29, 0.717) is 47.9 Å². The molecule has 0 unspecified atom stereocenters. The molecule has 0 radical (unpaired) electrons. The van der Waals surface area contributed by atoms with Crippen LogP contribution in [0, 0.1) is 11.6 Å². The molecular weight excluding hydrogens is 510 g/mol. The van der Waals surface area contributed by atoms with E-state index in [4.69, 9.17) is 9.84 Å². The molecule has 3 aromatic rings. The van der Waals surface area contributed by atoms with Gasteiger partial charge in [-0.15, -0.1) is 11.8 Å². The summed E-state index contributed by atoms with van der Waals surface area (Å²) in [5.74, 6) is -1.01. The Hall–Kier alpha value is -3.24. The first kappa shape index (κ1) is 27.8. The van der Waals surface area contributed by atoms with E-state index >= 15 is 4.39 Å². The maximum Gasteiger partial charge on any atom is 0.240 e. The second-order valence-corrected chi connectivity index (χ2v) is 11.2. The smallest absolute Gasteiger partial charge is 0.240 e. The zero-order valence-corrected chi connectivity index (χ0v) is 22.8. The van der Waals surface area contributed by atoms with Crippen LogP contribution in [0.15, 0.2) is 48.5 Å². The number of methoxy groups -OCH3 is 1. The Morgan fingerprint density at radius 1 is 1.16 bits per heavy atom. The zero-order chi connectivity index (χ0) is 27.4. The molecule has 4 rings (SSSR count). The number of amides is 2. The number of anilines is 1. The van der Waals surface area contributed by atoms with Crippen molar-refractivity contribution in [2.24, 2.45) is 0 Å². The van der Waals surface area contributed by atoms with E-state index in [0.717, 1.165) is 0 Å². The van der Waals surface area contributed by atoms with Gasteiger partial charge in [0.2, 0.25) is 11.8 Å². The number of benzene rings is 2. The van der Waals surface area contributed by atoms with Gasteiger partial charge in [0, 0.05) is 36.8 Å². The van der Waals surface area contributed by atoms with Gasteiger partial charge in [0.25, 0.3) is 0 Å². The van der Waals surface area contributed by atoms with Crippen LogP contribution in [-0.2, 0) is 19.7 Å². The minimum absolute atomic E-state index is 0.0393. The molecule has 2 heterocycles. The Balaban J connectivity index is 1.91. The molecule has 1 aliphatic rings. The third-order valence-electron chi connectivity index (χ3n) is 6.21. The van der Waals surface area contributed by atoms with Gasteiger partial charge in [-0.25, -0.2) is 13.5 Å². The molecule has 0 bridgehead atoms. The standard InChI is InChI=1S/C28H32F2N4O3S/c1-28(2,3)26-24-25(20-8-5-6-9-21(20)30)38-17-23(36)33(16-22(35)31-14-7-15-37-4)27(24)34(32-26)19-12-10-18(29)11-13-19/h5-6,8-13,25H,7,14-17H2,1-4H3,(H,31,35)/t25-/m1/s1. The lowest BCUT2D eigenvalue weighted by Gasteiger charge is -2.24. The summed E-state index contributed by atoms with van der Waals surface area (Å²) >= 11 is 1.31. The van der Waals surface area contributed by atoms with Gasteiger partial charge in [-0.2, -0.15) is 5.10 Å². The average molecular weight is 543 g/mol. The minimum Gasteiger partial charge on any atom is -0.385 e. The van der Waals surface area contributed by atoms with Crippen molar-refractivity contribution in [2.45, 2.75) is 37.9 Å². The van der Waals surface area contributed by atoms with Gasteiger partial charge >= 0.3 is 0 Å². The molecular formula is C28H32F2N4O3S. The summed E-state index contributed by atoms with van der Waals surface area (Å²) in [5.41, 5.74) is 1.80. The van der Waals surface area contributed by atoms with Crippen LogP contribution in [0.5, 0.6) is 0 Å². The van der Waals surface area contributed by atoms with Gasteiger partial charge in [-0.05, 0) is 36.8 Å². The fraction of sp³-hybridized carbons (Fsp3) is 0.393. The van der Waals surface area contributed by atoms with Gasteiger partial charge in [0.15, 0.2) is 0 Å². The molecule has 7 nitrogen and oxygen atoms in total. The lowest BCUT2D eigenvalue weighted by atomic mass is 9.87. The predicted molar refractivity (Wildman–Crippen MR) is 145 cm³/mol. The third kappa shape index (κ3) is 5.91. The summed E-state index contributed by atoms with van der Waals surface area (Å²) < 4.78 is 35.6.